The van der Waals surface area contributed by atoms with Crippen LogP contribution in [-0.2, 0) is 6.54 Å². The third-order valence-electron chi connectivity index (χ3n) is 2.46. The summed E-state index contributed by atoms with van der Waals surface area (Å²) < 4.78 is 0. The van der Waals surface area contributed by atoms with Crippen LogP contribution in [0, 0.1) is 6.92 Å². The number of aromatic amines is 1. The van der Waals surface area contributed by atoms with Crippen molar-refractivity contribution in [3.8, 4) is 0 Å². The Labute approximate surface area is 102 Å². The Balaban J connectivity index is 1.96. The minimum Gasteiger partial charge on any atom is -0.315 e. The number of thiophene rings is 1. The maximum Gasteiger partial charge on any atom is 0.304 e. The van der Waals surface area contributed by atoms with Gasteiger partial charge in [0.05, 0.1) is 0 Å². The second-order valence-corrected chi connectivity index (χ2v) is 5.53. The Hall–Kier alpha value is -0.910. The molecule has 2 N–H and O–H groups in total. The molecule has 0 bridgehead atoms. The number of H-pyrrole nitrogens is 1. The Morgan fingerprint density at radius 2 is 2.31 bits per heavy atom. The molecule has 3 nitrogen and oxygen atoms in total. The van der Waals surface area contributed by atoms with Crippen molar-refractivity contribution in [2.75, 3.05) is 0 Å². The van der Waals surface area contributed by atoms with Gasteiger partial charge in [0.2, 0.25) is 0 Å². The van der Waals surface area contributed by atoms with E-state index in [-0.39, 0.29) is 4.87 Å². The van der Waals surface area contributed by atoms with Gasteiger partial charge in [-0.15, -0.1) is 11.3 Å². The van der Waals surface area contributed by atoms with E-state index in [1.54, 1.807) is 11.3 Å². The van der Waals surface area contributed by atoms with E-state index in [1.807, 2.05) is 5.38 Å². The number of nitrogens with one attached hydrogen (secondary N) is 2. The summed E-state index contributed by atoms with van der Waals surface area (Å²) >= 11 is 2.97. The lowest BCUT2D eigenvalue weighted by molar-refractivity contribution is 0.574. The summed E-state index contributed by atoms with van der Waals surface area (Å²) in [6.07, 6.45) is 0. The molecule has 5 heteroatoms. The molecule has 0 spiro atoms. The molecular weight excluding hydrogens is 240 g/mol. The fraction of sp³-hybridized carbons (Fsp3) is 0.364. The first-order valence-electron chi connectivity index (χ1n) is 5.11. The second-order valence-electron chi connectivity index (χ2n) is 3.74. The maximum absolute atomic E-state index is 11.0. The fourth-order valence-corrected chi connectivity index (χ4v) is 3.13. The van der Waals surface area contributed by atoms with Gasteiger partial charge >= 0.3 is 4.87 Å². The van der Waals surface area contributed by atoms with Crippen LogP contribution >= 0.6 is 22.7 Å². The van der Waals surface area contributed by atoms with E-state index in [1.165, 1.54) is 21.8 Å². The van der Waals surface area contributed by atoms with Crippen LogP contribution in [-0.4, -0.2) is 4.98 Å². The highest BCUT2D eigenvalue weighted by Crippen LogP contribution is 2.23. The molecule has 0 aromatic carbocycles. The zero-order valence-electron chi connectivity index (χ0n) is 9.24. The maximum atomic E-state index is 11.0. The summed E-state index contributed by atoms with van der Waals surface area (Å²) in [5.41, 5.74) is 2.28. The van der Waals surface area contributed by atoms with Crippen LogP contribution in [0.3, 0.4) is 0 Å². The van der Waals surface area contributed by atoms with Crippen LogP contribution in [0.1, 0.15) is 29.1 Å². The third kappa shape index (κ3) is 2.61. The molecule has 1 atom stereocenters. The van der Waals surface area contributed by atoms with Crippen LogP contribution in [0.25, 0.3) is 0 Å². The van der Waals surface area contributed by atoms with Crippen molar-refractivity contribution in [3.63, 3.8) is 0 Å². The van der Waals surface area contributed by atoms with Crippen LogP contribution in [0.2, 0.25) is 0 Å². The summed E-state index contributed by atoms with van der Waals surface area (Å²) in [6, 6.07) is 2.45. The SMILES string of the molecule is Cc1ccsc1C(C)NCc1csc(=O)[nH]1. The lowest BCUT2D eigenvalue weighted by atomic mass is 10.2. The standard InChI is InChI=1S/C11H14N2OS2/c1-7-3-4-15-10(7)8(2)12-5-9-6-16-11(14)13-9/h3-4,6,8,12H,5H2,1-2H3,(H,13,14). The quantitative estimate of drug-likeness (QED) is 0.881. The predicted octanol–water partition coefficient (Wildman–Crippen LogP) is 2.66. The molecule has 0 amide bonds. The molecule has 0 aliphatic rings. The van der Waals surface area contributed by atoms with Crippen molar-refractivity contribution in [1.82, 2.24) is 10.3 Å². The van der Waals surface area contributed by atoms with E-state index in [4.69, 9.17) is 0 Å². The van der Waals surface area contributed by atoms with Crippen molar-refractivity contribution in [2.24, 2.45) is 0 Å². The molecule has 16 heavy (non-hydrogen) atoms. The first-order chi connectivity index (χ1) is 7.66. The van der Waals surface area contributed by atoms with Gasteiger partial charge in [-0.2, -0.15) is 0 Å². The van der Waals surface area contributed by atoms with Crippen molar-refractivity contribution < 1.29 is 0 Å². The van der Waals surface area contributed by atoms with E-state index in [2.05, 4.69) is 35.6 Å². The average molecular weight is 254 g/mol. The minimum absolute atomic E-state index is 0.0109. The summed E-state index contributed by atoms with van der Waals surface area (Å²) in [7, 11) is 0. The normalized spacial score (nSPS) is 12.9. The number of hydrogen-bond acceptors (Lipinski definition) is 4. The van der Waals surface area contributed by atoms with E-state index < -0.39 is 0 Å². The monoisotopic (exact) mass is 254 g/mol. The molecule has 0 aliphatic carbocycles. The lowest BCUT2D eigenvalue weighted by Crippen LogP contribution is -2.18. The number of rotatable bonds is 4. The number of aromatic nitrogens is 1. The van der Waals surface area contributed by atoms with Gasteiger partial charge in [0.1, 0.15) is 0 Å². The van der Waals surface area contributed by atoms with Gasteiger partial charge < -0.3 is 10.3 Å². The number of aryl methyl sites for hydroxylation is 1. The zero-order valence-corrected chi connectivity index (χ0v) is 10.9. The predicted molar refractivity (Wildman–Crippen MR) is 69.3 cm³/mol. The van der Waals surface area contributed by atoms with E-state index in [0.29, 0.717) is 12.6 Å². The van der Waals surface area contributed by atoms with Crippen molar-refractivity contribution >= 4 is 22.7 Å². The third-order valence-corrected chi connectivity index (χ3v) is 4.38. The van der Waals surface area contributed by atoms with E-state index in [0.717, 1.165) is 5.69 Å². The van der Waals surface area contributed by atoms with Crippen LogP contribution in [0.15, 0.2) is 21.6 Å². The second kappa shape index (κ2) is 4.95. The van der Waals surface area contributed by atoms with Gasteiger partial charge in [-0.05, 0) is 30.9 Å². The Morgan fingerprint density at radius 1 is 1.50 bits per heavy atom. The summed E-state index contributed by atoms with van der Waals surface area (Å²) in [5, 5.41) is 7.37. The Kier molecular flexibility index (Phi) is 3.58. The molecule has 0 radical (unpaired) electrons. The Bertz CT molecular complexity index is 512. The van der Waals surface area contributed by atoms with Crippen LogP contribution in [0.4, 0.5) is 0 Å². The molecule has 2 aromatic heterocycles. The van der Waals surface area contributed by atoms with E-state index >= 15 is 0 Å². The van der Waals surface area contributed by atoms with Crippen LogP contribution < -0.4 is 10.2 Å². The Morgan fingerprint density at radius 3 is 2.88 bits per heavy atom. The molecule has 2 heterocycles. The molecule has 0 saturated heterocycles. The molecular formula is C11H14N2OS2. The zero-order chi connectivity index (χ0) is 11.5. The smallest absolute Gasteiger partial charge is 0.304 e. The molecule has 2 rings (SSSR count). The number of thiazole rings is 1. The van der Waals surface area contributed by atoms with E-state index in [9.17, 15) is 4.79 Å². The largest absolute Gasteiger partial charge is 0.315 e. The van der Waals surface area contributed by atoms with Gasteiger partial charge in [-0.1, -0.05) is 11.3 Å². The first kappa shape index (κ1) is 11.6. The molecule has 0 aliphatic heterocycles. The topological polar surface area (TPSA) is 44.9 Å². The summed E-state index contributed by atoms with van der Waals surface area (Å²) in [6.45, 7) is 4.97. The van der Waals surface area contributed by atoms with Crippen molar-refractivity contribution in [1.29, 1.82) is 0 Å². The lowest BCUT2D eigenvalue weighted by Gasteiger charge is -2.12. The van der Waals surface area contributed by atoms with Gasteiger partial charge in [0, 0.05) is 28.5 Å². The highest BCUT2D eigenvalue weighted by atomic mass is 32.1. The molecule has 0 saturated carbocycles. The van der Waals surface area contributed by atoms with Crippen molar-refractivity contribution in [3.05, 3.63) is 42.6 Å². The van der Waals surface area contributed by atoms with Crippen LogP contribution in [0.5, 0.6) is 0 Å². The summed E-state index contributed by atoms with van der Waals surface area (Å²) in [5.74, 6) is 0. The minimum atomic E-state index is 0.0109. The highest BCUT2D eigenvalue weighted by Gasteiger charge is 2.09. The van der Waals surface area contributed by atoms with Gasteiger partial charge in [0.15, 0.2) is 0 Å². The average Bonchev–Trinajstić information content (AvgIpc) is 2.84. The molecule has 0 fully saturated rings. The number of hydrogen-bond donors (Lipinski definition) is 2. The summed E-state index contributed by atoms with van der Waals surface area (Å²) in [4.78, 5) is 15.1. The first-order valence-corrected chi connectivity index (χ1v) is 6.87. The van der Waals surface area contributed by atoms with Gasteiger partial charge in [-0.3, -0.25) is 4.79 Å². The fourth-order valence-electron chi connectivity index (χ4n) is 1.58. The van der Waals surface area contributed by atoms with Gasteiger partial charge in [-0.25, -0.2) is 0 Å². The molecule has 86 valence electrons. The molecule has 2 aromatic rings. The van der Waals surface area contributed by atoms with Crippen molar-refractivity contribution in [2.45, 2.75) is 26.4 Å². The molecule has 1 unspecified atom stereocenters. The van der Waals surface area contributed by atoms with Gasteiger partial charge in [0.25, 0.3) is 0 Å². The highest BCUT2D eigenvalue weighted by molar-refractivity contribution is 7.10.